The van der Waals surface area contributed by atoms with Gasteiger partial charge >= 0.3 is 0 Å². The lowest BCUT2D eigenvalue weighted by Crippen LogP contribution is -2.26. The molecule has 170 valence electrons. The molecule has 0 spiro atoms. The second kappa shape index (κ2) is 10.2. The molecule has 3 aromatic heterocycles. The van der Waals surface area contributed by atoms with Crippen LogP contribution in [0.25, 0.3) is 10.2 Å². The number of thiophene rings is 1. The zero-order valence-electron chi connectivity index (χ0n) is 18.6. The highest BCUT2D eigenvalue weighted by atomic mass is 32.1. The molecule has 1 aliphatic heterocycles. The third-order valence-corrected chi connectivity index (χ3v) is 6.39. The van der Waals surface area contributed by atoms with E-state index in [4.69, 9.17) is 9.47 Å². The molecule has 0 radical (unpaired) electrons. The van der Waals surface area contributed by atoms with Gasteiger partial charge in [0.05, 0.1) is 23.5 Å². The summed E-state index contributed by atoms with van der Waals surface area (Å²) in [6, 6.07) is 3.73. The highest BCUT2D eigenvalue weighted by Crippen LogP contribution is 2.36. The van der Waals surface area contributed by atoms with E-state index in [2.05, 4.69) is 30.5 Å². The topological polar surface area (TPSA) is 102 Å². The number of anilines is 2. The van der Waals surface area contributed by atoms with E-state index in [1.54, 1.807) is 6.20 Å². The molecule has 10 heteroatoms. The summed E-state index contributed by atoms with van der Waals surface area (Å²) in [5.74, 6) is 1.04. The minimum absolute atomic E-state index is 0.0125. The van der Waals surface area contributed by atoms with Crippen molar-refractivity contribution in [3.8, 4) is 5.88 Å². The van der Waals surface area contributed by atoms with Gasteiger partial charge in [0.25, 0.3) is 5.91 Å². The number of carbonyl (C=O) groups is 1. The van der Waals surface area contributed by atoms with Crippen molar-refractivity contribution in [1.29, 1.82) is 0 Å². The molecule has 9 nitrogen and oxygen atoms in total. The molecular weight excluding hydrogens is 428 g/mol. The summed E-state index contributed by atoms with van der Waals surface area (Å²) in [5, 5.41) is 7.18. The number of ether oxygens (including phenoxy) is 2. The number of amides is 1. The summed E-state index contributed by atoms with van der Waals surface area (Å²) < 4.78 is 11.4. The van der Waals surface area contributed by atoms with Crippen LogP contribution in [0, 0.1) is 6.92 Å². The van der Waals surface area contributed by atoms with Gasteiger partial charge in [-0.2, -0.15) is 0 Å². The Labute approximate surface area is 191 Å². The van der Waals surface area contributed by atoms with Gasteiger partial charge < -0.3 is 25.0 Å². The van der Waals surface area contributed by atoms with E-state index in [1.807, 2.05) is 33.2 Å². The Morgan fingerprint density at radius 3 is 3.00 bits per heavy atom. The SMILES string of the molecule is Cc1c(C(=O)NCCCN(C)C)sc2ncnc(Nc3cccnc3OC3CCOC3)c12. The second-order valence-electron chi connectivity index (χ2n) is 7.96. The number of aryl methyl sites for hydroxylation is 1. The largest absolute Gasteiger partial charge is 0.470 e. The van der Waals surface area contributed by atoms with Gasteiger partial charge in [-0.15, -0.1) is 11.3 Å². The summed E-state index contributed by atoms with van der Waals surface area (Å²) in [6.45, 7) is 4.74. The first kappa shape index (κ1) is 22.4. The molecule has 1 atom stereocenters. The lowest BCUT2D eigenvalue weighted by atomic mass is 10.2. The first-order chi connectivity index (χ1) is 15.5. The van der Waals surface area contributed by atoms with E-state index >= 15 is 0 Å². The molecule has 3 aromatic rings. The summed E-state index contributed by atoms with van der Waals surface area (Å²) in [6.07, 6.45) is 4.92. The number of nitrogens with zero attached hydrogens (tertiary/aromatic N) is 4. The monoisotopic (exact) mass is 456 g/mol. The Hall–Kier alpha value is -2.82. The fraction of sp³-hybridized carbons (Fsp3) is 0.455. The maximum atomic E-state index is 12.8. The van der Waals surface area contributed by atoms with E-state index < -0.39 is 0 Å². The van der Waals surface area contributed by atoms with Crippen LogP contribution < -0.4 is 15.4 Å². The van der Waals surface area contributed by atoms with Crippen molar-refractivity contribution in [2.24, 2.45) is 0 Å². The molecule has 1 unspecified atom stereocenters. The summed E-state index contributed by atoms with van der Waals surface area (Å²) in [4.78, 5) is 29.5. The minimum atomic E-state index is -0.0816. The van der Waals surface area contributed by atoms with Gasteiger partial charge in [0, 0.05) is 19.2 Å². The highest BCUT2D eigenvalue weighted by Gasteiger charge is 2.22. The number of aromatic nitrogens is 3. The molecule has 0 aliphatic carbocycles. The molecule has 32 heavy (non-hydrogen) atoms. The average Bonchev–Trinajstić information content (AvgIpc) is 3.41. The number of hydrogen-bond donors (Lipinski definition) is 2. The first-order valence-electron chi connectivity index (χ1n) is 10.7. The van der Waals surface area contributed by atoms with Gasteiger partial charge in [-0.05, 0) is 51.7 Å². The Kier molecular flexibility index (Phi) is 7.13. The quantitative estimate of drug-likeness (QED) is 0.474. The van der Waals surface area contributed by atoms with Crippen molar-refractivity contribution in [2.75, 3.05) is 45.7 Å². The predicted molar refractivity (Wildman–Crippen MR) is 125 cm³/mol. The van der Waals surface area contributed by atoms with Crippen LogP contribution in [0.3, 0.4) is 0 Å². The van der Waals surface area contributed by atoms with Crippen LogP contribution in [0.5, 0.6) is 5.88 Å². The molecule has 1 saturated heterocycles. The van der Waals surface area contributed by atoms with Gasteiger partial charge in [-0.3, -0.25) is 4.79 Å². The molecule has 1 aliphatic rings. The number of carbonyl (C=O) groups excluding carboxylic acids is 1. The Bertz CT molecular complexity index is 1080. The van der Waals surface area contributed by atoms with E-state index in [1.165, 1.54) is 17.7 Å². The number of hydrogen-bond acceptors (Lipinski definition) is 9. The minimum Gasteiger partial charge on any atom is -0.470 e. The molecule has 0 bridgehead atoms. The van der Waals surface area contributed by atoms with Crippen LogP contribution in [-0.2, 0) is 4.74 Å². The predicted octanol–water partition coefficient (Wildman–Crippen LogP) is 2.99. The normalized spacial score (nSPS) is 15.9. The third-order valence-electron chi connectivity index (χ3n) is 5.19. The van der Waals surface area contributed by atoms with Crippen molar-refractivity contribution in [3.05, 3.63) is 35.1 Å². The van der Waals surface area contributed by atoms with Crippen LogP contribution in [-0.4, -0.2) is 72.3 Å². The lowest BCUT2D eigenvalue weighted by molar-refractivity contribution is 0.0956. The molecule has 0 aromatic carbocycles. The molecule has 4 heterocycles. The van der Waals surface area contributed by atoms with E-state index in [0.717, 1.165) is 35.2 Å². The van der Waals surface area contributed by atoms with Crippen LogP contribution in [0.1, 0.15) is 28.1 Å². The zero-order chi connectivity index (χ0) is 22.5. The Morgan fingerprint density at radius 2 is 2.22 bits per heavy atom. The number of pyridine rings is 1. The Morgan fingerprint density at radius 1 is 1.34 bits per heavy atom. The van der Waals surface area contributed by atoms with Crippen LogP contribution in [0.4, 0.5) is 11.5 Å². The molecule has 0 saturated carbocycles. The number of nitrogens with one attached hydrogen (secondary N) is 2. The molecule has 1 amide bonds. The standard InChI is InChI=1S/C22H28N6O3S/c1-14-17-19(27-16-6-4-8-24-21(16)31-15-7-11-30-12-15)25-13-26-22(17)32-18(14)20(29)23-9-5-10-28(2)3/h4,6,8,13,15H,5,7,9-12H2,1-3H3,(H,23,29)(H,25,26,27). The second-order valence-corrected chi connectivity index (χ2v) is 8.95. The summed E-state index contributed by atoms with van der Waals surface area (Å²) in [5.41, 5.74) is 1.56. The lowest BCUT2D eigenvalue weighted by Gasteiger charge is -2.15. The van der Waals surface area contributed by atoms with E-state index in [9.17, 15) is 4.79 Å². The molecule has 1 fully saturated rings. The van der Waals surface area contributed by atoms with Crippen molar-refractivity contribution >= 4 is 39.0 Å². The van der Waals surface area contributed by atoms with Crippen LogP contribution in [0.2, 0.25) is 0 Å². The molecule has 4 rings (SSSR count). The van der Waals surface area contributed by atoms with Gasteiger partial charge in [0.15, 0.2) is 0 Å². The van der Waals surface area contributed by atoms with Gasteiger partial charge in [-0.25, -0.2) is 15.0 Å². The van der Waals surface area contributed by atoms with Crippen LogP contribution >= 0.6 is 11.3 Å². The van der Waals surface area contributed by atoms with Gasteiger partial charge in [-0.1, -0.05) is 0 Å². The fourth-order valence-electron chi connectivity index (χ4n) is 3.53. The third kappa shape index (κ3) is 5.14. The maximum absolute atomic E-state index is 12.8. The molecular formula is C22H28N6O3S. The average molecular weight is 457 g/mol. The smallest absolute Gasteiger partial charge is 0.261 e. The van der Waals surface area contributed by atoms with E-state index in [-0.39, 0.29) is 12.0 Å². The first-order valence-corrected chi connectivity index (χ1v) is 11.5. The van der Waals surface area contributed by atoms with E-state index in [0.29, 0.717) is 42.0 Å². The van der Waals surface area contributed by atoms with Crippen molar-refractivity contribution in [1.82, 2.24) is 25.2 Å². The number of fused-ring (bicyclic) bond motifs is 1. The highest BCUT2D eigenvalue weighted by molar-refractivity contribution is 7.20. The van der Waals surface area contributed by atoms with Gasteiger partial charge in [0.1, 0.15) is 28.8 Å². The summed E-state index contributed by atoms with van der Waals surface area (Å²) >= 11 is 1.37. The van der Waals surface area contributed by atoms with Crippen molar-refractivity contribution in [3.63, 3.8) is 0 Å². The maximum Gasteiger partial charge on any atom is 0.261 e. The molecule has 2 N–H and O–H groups in total. The van der Waals surface area contributed by atoms with Crippen molar-refractivity contribution in [2.45, 2.75) is 25.9 Å². The summed E-state index contributed by atoms with van der Waals surface area (Å²) in [7, 11) is 4.04. The Balaban J connectivity index is 1.55. The fourth-order valence-corrected chi connectivity index (χ4v) is 4.60. The zero-order valence-corrected chi connectivity index (χ0v) is 19.4. The number of rotatable bonds is 9. The van der Waals surface area contributed by atoms with Crippen molar-refractivity contribution < 1.29 is 14.3 Å². The van der Waals surface area contributed by atoms with Crippen LogP contribution in [0.15, 0.2) is 24.7 Å². The van der Waals surface area contributed by atoms with Gasteiger partial charge in [0.2, 0.25) is 5.88 Å².